The summed E-state index contributed by atoms with van der Waals surface area (Å²) in [7, 11) is 1.39. The van der Waals surface area contributed by atoms with Crippen LogP contribution < -0.4 is 5.32 Å². The van der Waals surface area contributed by atoms with Crippen molar-refractivity contribution in [1.29, 1.82) is 0 Å². The lowest BCUT2D eigenvalue weighted by Crippen LogP contribution is -2.39. The molecule has 0 saturated carbocycles. The topological polar surface area (TPSA) is 38.3 Å². The highest BCUT2D eigenvalue weighted by atomic mass is 35.5. The summed E-state index contributed by atoms with van der Waals surface area (Å²) in [5.74, 6) is 0.322. The SMILES string of the molecule is CCNC(CSc1ccc(Cl)c(Cl)c1)C(=O)OC. The highest BCUT2D eigenvalue weighted by Gasteiger charge is 2.18. The first kappa shape index (κ1) is 15.6. The second-order valence-electron chi connectivity index (χ2n) is 3.52. The van der Waals surface area contributed by atoms with E-state index in [9.17, 15) is 4.79 Å². The summed E-state index contributed by atoms with van der Waals surface area (Å²) in [6, 6.07) is 5.08. The number of hydrogen-bond acceptors (Lipinski definition) is 4. The van der Waals surface area contributed by atoms with Crippen LogP contribution in [-0.4, -0.2) is 31.4 Å². The first-order valence-electron chi connectivity index (χ1n) is 5.47. The lowest BCUT2D eigenvalue weighted by molar-refractivity contribution is -0.142. The molecular formula is C12H15Cl2NO2S. The van der Waals surface area contributed by atoms with Crippen LogP contribution in [0.4, 0.5) is 0 Å². The summed E-state index contributed by atoms with van der Waals surface area (Å²) in [4.78, 5) is 12.5. The molecule has 18 heavy (non-hydrogen) atoms. The summed E-state index contributed by atoms with van der Waals surface area (Å²) in [5.41, 5.74) is 0. The molecule has 0 aliphatic carbocycles. The van der Waals surface area contributed by atoms with Crippen molar-refractivity contribution in [3.8, 4) is 0 Å². The smallest absolute Gasteiger partial charge is 0.323 e. The number of ether oxygens (including phenoxy) is 1. The minimum atomic E-state index is -0.320. The summed E-state index contributed by atoms with van der Waals surface area (Å²) in [6.45, 7) is 2.65. The Hall–Kier alpha value is -0.420. The van der Waals surface area contributed by atoms with Crippen LogP contribution in [0, 0.1) is 0 Å². The third kappa shape index (κ3) is 4.69. The minimum absolute atomic E-state index is 0.260. The molecule has 0 aliphatic heterocycles. The van der Waals surface area contributed by atoms with Gasteiger partial charge in [-0.3, -0.25) is 4.79 Å². The Labute approximate surface area is 121 Å². The molecule has 1 aromatic carbocycles. The number of rotatable bonds is 6. The van der Waals surface area contributed by atoms with Gasteiger partial charge in [-0.05, 0) is 24.7 Å². The Morgan fingerprint density at radius 2 is 2.17 bits per heavy atom. The quantitative estimate of drug-likeness (QED) is 0.647. The highest BCUT2D eigenvalue weighted by molar-refractivity contribution is 7.99. The molecule has 0 heterocycles. The van der Waals surface area contributed by atoms with Crippen molar-refractivity contribution in [1.82, 2.24) is 5.32 Å². The third-order valence-electron chi connectivity index (χ3n) is 2.24. The first-order valence-corrected chi connectivity index (χ1v) is 7.21. The van der Waals surface area contributed by atoms with E-state index in [4.69, 9.17) is 27.9 Å². The van der Waals surface area contributed by atoms with Crippen molar-refractivity contribution in [3.63, 3.8) is 0 Å². The van der Waals surface area contributed by atoms with Gasteiger partial charge in [-0.25, -0.2) is 0 Å². The Kier molecular flexibility index (Phi) is 6.86. The Bertz CT molecular complexity index is 415. The van der Waals surface area contributed by atoms with Crippen molar-refractivity contribution in [2.45, 2.75) is 17.9 Å². The zero-order valence-electron chi connectivity index (χ0n) is 10.2. The number of benzene rings is 1. The predicted octanol–water partition coefficient (Wildman–Crippen LogP) is 3.24. The molecule has 1 rings (SSSR count). The summed E-state index contributed by atoms with van der Waals surface area (Å²) >= 11 is 13.3. The lowest BCUT2D eigenvalue weighted by atomic mass is 10.3. The van der Waals surface area contributed by atoms with E-state index >= 15 is 0 Å². The molecule has 1 atom stereocenters. The molecule has 3 nitrogen and oxygen atoms in total. The summed E-state index contributed by atoms with van der Waals surface area (Å²) < 4.78 is 4.73. The monoisotopic (exact) mass is 307 g/mol. The zero-order chi connectivity index (χ0) is 13.5. The molecule has 0 bridgehead atoms. The number of thioether (sulfide) groups is 1. The van der Waals surface area contributed by atoms with Gasteiger partial charge in [-0.1, -0.05) is 30.1 Å². The molecule has 0 radical (unpaired) electrons. The van der Waals surface area contributed by atoms with E-state index < -0.39 is 0 Å². The van der Waals surface area contributed by atoms with Crippen molar-refractivity contribution in [2.24, 2.45) is 0 Å². The van der Waals surface area contributed by atoms with Crippen molar-refractivity contribution in [3.05, 3.63) is 28.2 Å². The molecule has 0 fully saturated rings. The molecule has 0 saturated heterocycles. The molecule has 0 aromatic heterocycles. The number of carbonyl (C=O) groups is 1. The number of carbonyl (C=O) groups excluding carboxylic acids is 1. The fourth-order valence-electron chi connectivity index (χ4n) is 1.35. The molecule has 6 heteroatoms. The average molecular weight is 308 g/mol. The van der Waals surface area contributed by atoms with E-state index in [1.54, 1.807) is 12.1 Å². The van der Waals surface area contributed by atoms with Crippen molar-refractivity contribution < 1.29 is 9.53 Å². The van der Waals surface area contributed by atoms with Gasteiger partial charge in [0.25, 0.3) is 0 Å². The first-order chi connectivity index (χ1) is 8.58. The maximum Gasteiger partial charge on any atom is 0.323 e. The zero-order valence-corrected chi connectivity index (χ0v) is 12.5. The number of likely N-dealkylation sites (N-methyl/N-ethyl adjacent to an activating group) is 1. The Morgan fingerprint density at radius 1 is 1.44 bits per heavy atom. The fourth-order valence-corrected chi connectivity index (χ4v) is 2.69. The minimum Gasteiger partial charge on any atom is -0.468 e. The number of methoxy groups -OCH3 is 1. The van der Waals surface area contributed by atoms with Crippen LogP contribution in [0.25, 0.3) is 0 Å². The van der Waals surface area contributed by atoms with E-state index in [0.29, 0.717) is 22.3 Å². The third-order valence-corrected chi connectivity index (χ3v) is 4.07. The molecule has 1 unspecified atom stereocenters. The molecule has 1 aromatic rings. The van der Waals surface area contributed by atoms with Crippen LogP contribution in [0.3, 0.4) is 0 Å². The predicted molar refractivity (Wildman–Crippen MR) is 76.7 cm³/mol. The lowest BCUT2D eigenvalue weighted by Gasteiger charge is -2.14. The van der Waals surface area contributed by atoms with E-state index in [2.05, 4.69) is 5.32 Å². The second-order valence-corrected chi connectivity index (χ2v) is 5.43. The van der Waals surface area contributed by atoms with Gasteiger partial charge >= 0.3 is 5.97 Å². The molecule has 1 N–H and O–H groups in total. The molecule has 0 spiro atoms. The number of halogens is 2. The molecular weight excluding hydrogens is 293 g/mol. The maximum absolute atomic E-state index is 11.5. The Balaban J connectivity index is 2.60. The van der Waals surface area contributed by atoms with E-state index in [1.807, 2.05) is 13.0 Å². The van der Waals surface area contributed by atoms with Gasteiger partial charge in [-0.15, -0.1) is 11.8 Å². The van der Waals surface area contributed by atoms with Crippen LogP contribution in [0.2, 0.25) is 10.0 Å². The van der Waals surface area contributed by atoms with Gasteiger partial charge in [0, 0.05) is 10.6 Å². The van der Waals surface area contributed by atoms with Gasteiger partial charge in [0.2, 0.25) is 0 Å². The normalized spacial score (nSPS) is 12.2. The maximum atomic E-state index is 11.5. The Morgan fingerprint density at radius 3 is 2.72 bits per heavy atom. The summed E-state index contributed by atoms with van der Waals surface area (Å²) in [6.07, 6.45) is 0. The van der Waals surface area contributed by atoms with E-state index in [-0.39, 0.29) is 12.0 Å². The molecule has 0 aliphatic rings. The van der Waals surface area contributed by atoms with Crippen LogP contribution in [0.5, 0.6) is 0 Å². The van der Waals surface area contributed by atoms with Gasteiger partial charge in [0.1, 0.15) is 6.04 Å². The summed E-state index contributed by atoms with van der Waals surface area (Å²) in [5, 5.41) is 4.11. The van der Waals surface area contributed by atoms with Crippen LogP contribution in [0.15, 0.2) is 23.1 Å². The van der Waals surface area contributed by atoms with Crippen molar-refractivity contribution >= 4 is 40.9 Å². The fraction of sp³-hybridized carbons (Fsp3) is 0.417. The van der Waals surface area contributed by atoms with Gasteiger partial charge < -0.3 is 10.1 Å². The average Bonchev–Trinajstić information content (AvgIpc) is 2.37. The van der Waals surface area contributed by atoms with E-state index in [1.165, 1.54) is 18.9 Å². The van der Waals surface area contributed by atoms with E-state index in [0.717, 1.165) is 4.90 Å². The number of esters is 1. The van der Waals surface area contributed by atoms with Crippen molar-refractivity contribution in [2.75, 3.05) is 19.4 Å². The van der Waals surface area contributed by atoms with Crippen LogP contribution >= 0.6 is 35.0 Å². The number of nitrogens with one attached hydrogen (secondary N) is 1. The molecule has 100 valence electrons. The standard InChI is InChI=1S/C12H15Cl2NO2S/c1-3-15-11(12(16)17-2)7-18-8-4-5-9(13)10(14)6-8/h4-6,11,15H,3,7H2,1-2H3. The largest absolute Gasteiger partial charge is 0.468 e. The van der Waals surface area contributed by atoms with Gasteiger partial charge in [0.15, 0.2) is 0 Å². The van der Waals surface area contributed by atoms with Gasteiger partial charge in [0.05, 0.1) is 17.2 Å². The number of hydrogen-bond donors (Lipinski definition) is 1. The van der Waals surface area contributed by atoms with Gasteiger partial charge in [-0.2, -0.15) is 0 Å². The van der Waals surface area contributed by atoms with Crippen LogP contribution in [-0.2, 0) is 9.53 Å². The van der Waals surface area contributed by atoms with Crippen LogP contribution in [0.1, 0.15) is 6.92 Å². The second kappa shape index (κ2) is 7.89. The highest BCUT2D eigenvalue weighted by Crippen LogP contribution is 2.28. The molecule has 0 amide bonds.